The topological polar surface area (TPSA) is 92.0 Å². The first-order valence-electron chi connectivity index (χ1n) is 11.2. The molecule has 4 rings (SSSR count). The maximum Gasteiger partial charge on any atom is 0.330 e. The predicted molar refractivity (Wildman–Crippen MR) is 136 cm³/mol. The van der Waals surface area contributed by atoms with Crippen LogP contribution >= 0.6 is 0 Å². The van der Waals surface area contributed by atoms with Crippen LogP contribution in [0.1, 0.15) is 23.6 Å². The van der Waals surface area contributed by atoms with E-state index in [1.807, 2.05) is 36.4 Å². The van der Waals surface area contributed by atoms with Gasteiger partial charge in [-0.25, -0.2) is 4.79 Å². The molecule has 7 heteroatoms. The zero-order chi connectivity index (χ0) is 25.7. The average molecular weight is 485 g/mol. The van der Waals surface area contributed by atoms with Gasteiger partial charge in [0.1, 0.15) is 11.3 Å². The number of benzene rings is 3. The van der Waals surface area contributed by atoms with Gasteiger partial charge in [0.2, 0.25) is 11.2 Å². The SMILES string of the molecule is COC(=O)/C=C/c1cc(Cc2ccccc2)c2oc(-c3ccc(OC)cc3)c(OC(C)=O)c(=O)c2c1. The molecule has 0 radical (unpaired) electrons. The maximum absolute atomic E-state index is 13.7. The van der Waals surface area contributed by atoms with Crippen LogP contribution in [-0.2, 0) is 20.7 Å². The number of fused-ring (bicyclic) bond motifs is 1. The minimum atomic E-state index is -0.650. The first kappa shape index (κ1) is 24.5. The summed E-state index contributed by atoms with van der Waals surface area (Å²) >= 11 is 0. The summed E-state index contributed by atoms with van der Waals surface area (Å²) in [7, 11) is 2.84. The molecule has 4 aromatic rings. The number of hydrogen-bond acceptors (Lipinski definition) is 7. The van der Waals surface area contributed by atoms with Crippen LogP contribution in [0.15, 0.2) is 82.0 Å². The van der Waals surface area contributed by atoms with Crippen molar-refractivity contribution < 1.29 is 28.2 Å². The van der Waals surface area contributed by atoms with Crippen molar-refractivity contribution in [3.8, 4) is 22.8 Å². The van der Waals surface area contributed by atoms with Crippen molar-refractivity contribution in [2.75, 3.05) is 14.2 Å². The lowest BCUT2D eigenvalue weighted by molar-refractivity contribution is -0.135. The predicted octanol–water partition coefficient (Wildman–Crippen LogP) is 5.17. The Morgan fingerprint density at radius 3 is 2.33 bits per heavy atom. The first-order valence-corrected chi connectivity index (χ1v) is 11.2. The third-order valence-electron chi connectivity index (χ3n) is 5.50. The number of methoxy groups -OCH3 is 2. The summed E-state index contributed by atoms with van der Waals surface area (Å²) in [5, 5.41) is 0.224. The van der Waals surface area contributed by atoms with Crippen LogP contribution in [0.2, 0.25) is 0 Å². The van der Waals surface area contributed by atoms with Crippen molar-refractivity contribution in [1.82, 2.24) is 0 Å². The van der Waals surface area contributed by atoms with E-state index in [0.29, 0.717) is 28.9 Å². The van der Waals surface area contributed by atoms with E-state index >= 15 is 0 Å². The Bertz CT molecular complexity index is 1500. The molecule has 0 N–H and O–H groups in total. The number of hydrogen-bond donors (Lipinski definition) is 0. The number of carbonyl (C=O) groups excluding carboxylic acids is 2. The second kappa shape index (κ2) is 10.7. The molecule has 182 valence electrons. The van der Waals surface area contributed by atoms with Gasteiger partial charge in [-0.1, -0.05) is 30.3 Å². The molecular formula is C29H24O7. The highest BCUT2D eigenvalue weighted by Crippen LogP contribution is 2.34. The van der Waals surface area contributed by atoms with Gasteiger partial charge in [0.25, 0.3) is 0 Å². The normalized spacial score (nSPS) is 11.0. The van der Waals surface area contributed by atoms with Gasteiger partial charge in [-0.2, -0.15) is 0 Å². The summed E-state index contributed by atoms with van der Waals surface area (Å²) in [5.41, 5.74) is 2.74. The van der Waals surface area contributed by atoms with E-state index in [1.54, 1.807) is 43.5 Å². The van der Waals surface area contributed by atoms with Crippen molar-refractivity contribution in [2.24, 2.45) is 0 Å². The molecule has 0 saturated carbocycles. The summed E-state index contributed by atoms with van der Waals surface area (Å²) in [5.74, 6) is -0.620. The third kappa shape index (κ3) is 5.36. The lowest BCUT2D eigenvalue weighted by Crippen LogP contribution is -2.14. The van der Waals surface area contributed by atoms with Crippen LogP contribution in [0.3, 0.4) is 0 Å². The molecule has 0 aliphatic heterocycles. The van der Waals surface area contributed by atoms with Crippen LogP contribution in [0.5, 0.6) is 11.5 Å². The average Bonchev–Trinajstić information content (AvgIpc) is 2.89. The number of rotatable bonds is 7. The quantitative estimate of drug-likeness (QED) is 0.264. The molecule has 1 heterocycles. The first-order chi connectivity index (χ1) is 17.4. The monoisotopic (exact) mass is 484 g/mol. The molecule has 7 nitrogen and oxygen atoms in total. The number of esters is 2. The summed E-state index contributed by atoms with van der Waals surface area (Å²) in [6, 6.07) is 20.1. The molecule has 0 fully saturated rings. The van der Waals surface area contributed by atoms with Gasteiger partial charge in [0.05, 0.1) is 19.6 Å². The fourth-order valence-electron chi connectivity index (χ4n) is 3.82. The molecule has 0 spiro atoms. The smallest absolute Gasteiger partial charge is 0.330 e. The Kier molecular flexibility index (Phi) is 7.30. The molecule has 1 aromatic heterocycles. The van der Waals surface area contributed by atoms with Crippen LogP contribution in [-0.4, -0.2) is 26.2 Å². The van der Waals surface area contributed by atoms with E-state index in [9.17, 15) is 14.4 Å². The van der Waals surface area contributed by atoms with E-state index in [4.69, 9.17) is 13.9 Å². The van der Waals surface area contributed by atoms with Gasteiger partial charge in [-0.05, 0) is 53.6 Å². The van der Waals surface area contributed by atoms with E-state index in [0.717, 1.165) is 11.1 Å². The van der Waals surface area contributed by atoms with Crippen LogP contribution in [0.4, 0.5) is 0 Å². The molecule has 3 aromatic carbocycles. The lowest BCUT2D eigenvalue weighted by Gasteiger charge is -2.13. The number of ether oxygens (including phenoxy) is 3. The van der Waals surface area contributed by atoms with Crippen LogP contribution in [0.25, 0.3) is 28.4 Å². The van der Waals surface area contributed by atoms with Crippen molar-refractivity contribution in [1.29, 1.82) is 0 Å². The highest BCUT2D eigenvalue weighted by atomic mass is 16.5. The second-order valence-corrected chi connectivity index (χ2v) is 7.99. The van der Waals surface area contributed by atoms with E-state index in [1.165, 1.54) is 20.1 Å². The summed E-state index contributed by atoms with van der Waals surface area (Å²) in [6.45, 7) is 1.22. The van der Waals surface area contributed by atoms with Crippen molar-refractivity contribution >= 4 is 29.0 Å². The zero-order valence-electron chi connectivity index (χ0n) is 20.1. The lowest BCUT2D eigenvalue weighted by atomic mass is 9.98. The molecule has 0 aliphatic carbocycles. The molecule has 36 heavy (non-hydrogen) atoms. The molecule has 0 bridgehead atoms. The summed E-state index contributed by atoms with van der Waals surface area (Å²) in [4.78, 5) is 37.2. The van der Waals surface area contributed by atoms with Gasteiger partial charge in [0.15, 0.2) is 5.76 Å². The summed E-state index contributed by atoms with van der Waals surface area (Å²) < 4.78 is 21.5. The van der Waals surface area contributed by atoms with E-state index < -0.39 is 17.4 Å². The standard InChI is InChI=1S/C29H24O7/c1-18(30)35-29-26(32)24-17-20(9-14-25(31)34-3)16-22(15-19-7-5-4-6-8-19)27(24)36-28(29)21-10-12-23(33-2)13-11-21/h4-14,16-17H,15H2,1-3H3/b14-9+. The maximum atomic E-state index is 13.7. The van der Waals surface area contributed by atoms with Crippen molar-refractivity contribution in [3.63, 3.8) is 0 Å². The third-order valence-corrected chi connectivity index (χ3v) is 5.50. The molecule has 0 saturated heterocycles. The Labute approximate surface area is 207 Å². The van der Waals surface area contributed by atoms with Crippen LogP contribution < -0.4 is 14.9 Å². The highest BCUT2D eigenvalue weighted by Gasteiger charge is 2.22. The van der Waals surface area contributed by atoms with Gasteiger partial charge >= 0.3 is 11.9 Å². The largest absolute Gasteiger partial charge is 0.497 e. The molecule has 0 aliphatic rings. The highest BCUT2D eigenvalue weighted by molar-refractivity contribution is 5.91. The van der Waals surface area contributed by atoms with Gasteiger partial charge in [-0.15, -0.1) is 0 Å². The van der Waals surface area contributed by atoms with Crippen molar-refractivity contribution in [2.45, 2.75) is 13.3 Å². The molecule has 0 atom stereocenters. The van der Waals surface area contributed by atoms with E-state index in [-0.39, 0.29) is 16.9 Å². The minimum absolute atomic E-state index is 0.137. The van der Waals surface area contributed by atoms with E-state index in [2.05, 4.69) is 4.74 Å². The van der Waals surface area contributed by atoms with Gasteiger partial charge in [-0.3, -0.25) is 9.59 Å². The Balaban J connectivity index is 1.99. The molecular weight excluding hydrogens is 460 g/mol. The van der Waals surface area contributed by atoms with Crippen LogP contribution in [0, 0.1) is 0 Å². The fourth-order valence-corrected chi connectivity index (χ4v) is 3.82. The molecule has 0 amide bonds. The Morgan fingerprint density at radius 2 is 1.69 bits per heavy atom. The second-order valence-electron chi connectivity index (χ2n) is 7.99. The van der Waals surface area contributed by atoms with Gasteiger partial charge in [0, 0.05) is 30.5 Å². The number of carbonyl (C=O) groups is 2. The summed E-state index contributed by atoms with van der Waals surface area (Å²) in [6.07, 6.45) is 3.30. The Hall–Kier alpha value is -4.65. The van der Waals surface area contributed by atoms with Gasteiger partial charge < -0.3 is 18.6 Å². The molecule has 0 unspecified atom stereocenters. The fraction of sp³-hybridized carbons (Fsp3) is 0.138. The zero-order valence-corrected chi connectivity index (χ0v) is 20.1. The minimum Gasteiger partial charge on any atom is -0.497 e. The Morgan fingerprint density at radius 1 is 0.972 bits per heavy atom. The van der Waals surface area contributed by atoms with Crippen molar-refractivity contribution in [3.05, 3.63) is 99.7 Å².